The van der Waals surface area contributed by atoms with Gasteiger partial charge in [0, 0.05) is 43.9 Å². The Labute approximate surface area is 204 Å². The Bertz CT molecular complexity index is 1200. The third kappa shape index (κ3) is 6.03. The predicted octanol–water partition coefficient (Wildman–Crippen LogP) is 3.86. The van der Waals surface area contributed by atoms with E-state index in [1.54, 1.807) is 46.7 Å². The van der Waals surface area contributed by atoms with E-state index in [9.17, 15) is 18.0 Å². The summed E-state index contributed by atoms with van der Waals surface area (Å²) in [5.74, 6) is 0.00856. The molecule has 0 atom stereocenters. The fourth-order valence-corrected chi connectivity index (χ4v) is 5.94. The molecule has 9 heteroatoms. The first-order valence-electron chi connectivity index (χ1n) is 11.2. The fourth-order valence-electron chi connectivity index (χ4n) is 3.89. The van der Waals surface area contributed by atoms with Gasteiger partial charge in [0.25, 0.3) is 15.9 Å². The Morgan fingerprint density at radius 1 is 0.853 bits per heavy atom. The summed E-state index contributed by atoms with van der Waals surface area (Å²) in [6, 6.07) is 19.8. The molecule has 0 bridgehead atoms. The highest BCUT2D eigenvalue weighted by atomic mass is 32.2. The molecule has 1 N–H and O–H groups in total. The first kappa shape index (κ1) is 24.0. The average molecular weight is 498 g/mol. The minimum absolute atomic E-state index is 0.121. The molecule has 2 aromatic carbocycles. The van der Waals surface area contributed by atoms with E-state index in [1.165, 1.54) is 5.56 Å². The number of thiophene rings is 1. The zero-order valence-electron chi connectivity index (χ0n) is 18.7. The van der Waals surface area contributed by atoms with Crippen LogP contribution in [0.15, 0.2) is 76.3 Å². The lowest BCUT2D eigenvalue weighted by Gasteiger charge is -2.35. The number of piperazine rings is 1. The van der Waals surface area contributed by atoms with Crippen LogP contribution >= 0.6 is 11.3 Å². The maximum atomic E-state index is 12.9. The van der Waals surface area contributed by atoms with Crippen LogP contribution in [0.5, 0.6) is 0 Å². The molecule has 1 aromatic heterocycles. The normalized spacial score (nSPS) is 14.1. The molecule has 2 heterocycles. The molecule has 7 nitrogen and oxygen atoms in total. The molecule has 34 heavy (non-hydrogen) atoms. The van der Waals surface area contributed by atoms with Gasteiger partial charge in [-0.15, -0.1) is 11.3 Å². The van der Waals surface area contributed by atoms with Crippen LogP contribution in [-0.4, -0.2) is 56.2 Å². The second-order valence-corrected chi connectivity index (χ2v) is 11.0. The molecule has 1 fully saturated rings. The molecule has 4 rings (SSSR count). The van der Waals surface area contributed by atoms with Gasteiger partial charge < -0.3 is 9.80 Å². The lowest BCUT2D eigenvalue weighted by atomic mass is 10.1. The van der Waals surface area contributed by atoms with Crippen LogP contribution in [0.2, 0.25) is 0 Å². The number of aryl methyl sites for hydroxylation is 1. The summed E-state index contributed by atoms with van der Waals surface area (Å²) in [7, 11) is -3.62. The van der Waals surface area contributed by atoms with Crippen molar-refractivity contribution in [1.29, 1.82) is 0 Å². The molecule has 0 unspecified atom stereocenters. The molecule has 2 amide bonds. The van der Waals surface area contributed by atoms with E-state index in [1.807, 2.05) is 23.1 Å². The minimum Gasteiger partial charge on any atom is -0.339 e. The van der Waals surface area contributed by atoms with Crippen molar-refractivity contribution in [3.05, 3.63) is 83.2 Å². The number of nitrogens with zero attached hydrogens (tertiary/aromatic N) is 2. The van der Waals surface area contributed by atoms with E-state index < -0.39 is 10.0 Å². The van der Waals surface area contributed by atoms with Crippen LogP contribution in [0.1, 0.15) is 28.8 Å². The number of hydrogen-bond donors (Lipinski definition) is 1. The number of anilines is 1. The van der Waals surface area contributed by atoms with Crippen LogP contribution in [-0.2, 0) is 21.2 Å². The second-order valence-electron chi connectivity index (χ2n) is 8.13. The average Bonchev–Trinajstić information content (AvgIpc) is 3.41. The molecule has 1 aliphatic heterocycles. The smallest absolute Gasteiger partial charge is 0.271 e. The van der Waals surface area contributed by atoms with Crippen LogP contribution in [0, 0.1) is 0 Å². The number of carbonyl (C=O) groups excluding carboxylic acids is 2. The highest BCUT2D eigenvalue weighted by Crippen LogP contribution is 2.21. The van der Waals surface area contributed by atoms with Crippen molar-refractivity contribution in [3.8, 4) is 0 Å². The van der Waals surface area contributed by atoms with Crippen LogP contribution in [0.25, 0.3) is 0 Å². The maximum Gasteiger partial charge on any atom is 0.271 e. The van der Waals surface area contributed by atoms with E-state index >= 15 is 0 Å². The summed E-state index contributed by atoms with van der Waals surface area (Å²) in [6.45, 7) is 2.01. The largest absolute Gasteiger partial charge is 0.339 e. The summed E-state index contributed by atoms with van der Waals surface area (Å²) in [4.78, 5) is 29.0. The van der Waals surface area contributed by atoms with Gasteiger partial charge in [0.05, 0.1) is 0 Å². The highest BCUT2D eigenvalue weighted by Gasteiger charge is 2.25. The lowest BCUT2D eigenvalue weighted by Crippen LogP contribution is -2.50. The van der Waals surface area contributed by atoms with Gasteiger partial charge in [0.15, 0.2) is 0 Å². The van der Waals surface area contributed by atoms with Crippen molar-refractivity contribution < 1.29 is 18.0 Å². The van der Waals surface area contributed by atoms with Crippen molar-refractivity contribution in [3.63, 3.8) is 0 Å². The molecule has 0 spiro atoms. The molecule has 1 saturated heterocycles. The number of nitrogens with one attached hydrogen (secondary N) is 1. The highest BCUT2D eigenvalue weighted by molar-refractivity contribution is 7.94. The summed E-state index contributed by atoms with van der Waals surface area (Å²) in [6.07, 6.45) is 2.20. The van der Waals surface area contributed by atoms with Crippen molar-refractivity contribution in [2.45, 2.75) is 23.5 Å². The summed E-state index contributed by atoms with van der Waals surface area (Å²) >= 11 is 1.14. The van der Waals surface area contributed by atoms with Crippen molar-refractivity contribution in [2.75, 3.05) is 30.9 Å². The van der Waals surface area contributed by atoms with Crippen molar-refractivity contribution in [2.24, 2.45) is 0 Å². The van der Waals surface area contributed by atoms with Crippen LogP contribution in [0.4, 0.5) is 5.69 Å². The first-order chi connectivity index (χ1) is 16.4. The van der Waals surface area contributed by atoms with E-state index in [0.717, 1.165) is 24.2 Å². The van der Waals surface area contributed by atoms with Gasteiger partial charge in [-0.3, -0.25) is 14.3 Å². The standard InChI is InChI=1S/C25H27N3O4S2/c29-23(9-4-8-20-6-2-1-3-7-20)27-15-17-28(18-16-27)25(30)21-11-13-22(14-12-21)26-34(31,32)24-10-5-19-33-24/h1-3,5-7,10-14,19,26H,4,8-9,15-18H2. The zero-order chi connectivity index (χ0) is 24.0. The predicted molar refractivity (Wildman–Crippen MR) is 133 cm³/mol. The summed E-state index contributed by atoms with van der Waals surface area (Å²) < 4.78 is 27.5. The Kier molecular flexibility index (Phi) is 7.64. The first-order valence-corrected chi connectivity index (χ1v) is 13.6. The fraction of sp³-hybridized carbons (Fsp3) is 0.280. The van der Waals surface area contributed by atoms with Gasteiger partial charge in [0.2, 0.25) is 5.91 Å². The van der Waals surface area contributed by atoms with Gasteiger partial charge in [0.1, 0.15) is 4.21 Å². The number of sulfonamides is 1. The second kappa shape index (κ2) is 10.8. The number of carbonyl (C=O) groups is 2. The minimum atomic E-state index is -3.62. The Morgan fingerprint density at radius 2 is 1.53 bits per heavy atom. The van der Waals surface area contributed by atoms with Gasteiger partial charge >= 0.3 is 0 Å². The third-order valence-electron chi connectivity index (χ3n) is 5.76. The summed E-state index contributed by atoms with van der Waals surface area (Å²) in [5.41, 5.74) is 2.12. The Morgan fingerprint density at radius 3 is 2.18 bits per heavy atom. The molecule has 0 aliphatic carbocycles. The quantitative estimate of drug-likeness (QED) is 0.512. The molecule has 178 valence electrons. The van der Waals surface area contributed by atoms with Crippen molar-refractivity contribution in [1.82, 2.24) is 9.80 Å². The third-order valence-corrected chi connectivity index (χ3v) is 8.54. The zero-order valence-corrected chi connectivity index (χ0v) is 20.4. The van der Waals surface area contributed by atoms with E-state index in [2.05, 4.69) is 16.9 Å². The Hall–Kier alpha value is -3.17. The molecular formula is C25H27N3O4S2. The number of rotatable bonds is 8. The maximum absolute atomic E-state index is 12.9. The van der Waals surface area contributed by atoms with Gasteiger partial charge in [-0.1, -0.05) is 36.4 Å². The lowest BCUT2D eigenvalue weighted by molar-refractivity contribution is -0.132. The number of amides is 2. The summed E-state index contributed by atoms with van der Waals surface area (Å²) in [5, 5.41) is 1.70. The van der Waals surface area contributed by atoms with Crippen LogP contribution in [0.3, 0.4) is 0 Å². The van der Waals surface area contributed by atoms with Crippen LogP contribution < -0.4 is 4.72 Å². The van der Waals surface area contributed by atoms with E-state index in [4.69, 9.17) is 0 Å². The topological polar surface area (TPSA) is 86.8 Å². The molecule has 0 saturated carbocycles. The molecular weight excluding hydrogens is 470 g/mol. The Balaban J connectivity index is 1.25. The monoisotopic (exact) mass is 497 g/mol. The SMILES string of the molecule is O=C(CCCc1ccccc1)N1CCN(C(=O)c2ccc(NS(=O)(=O)c3cccs3)cc2)CC1. The van der Waals surface area contributed by atoms with Gasteiger partial charge in [-0.25, -0.2) is 8.42 Å². The van der Waals surface area contributed by atoms with E-state index in [-0.39, 0.29) is 16.0 Å². The number of benzene rings is 2. The van der Waals surface area contributed by atoms with Gasteiger partial charge in [-0.05, 0) is 54.1 Å². The molecule has 3 aromatic rings. The van der Waals surface area contributed by atoms with E-state index in [0.29, 0.717) is 43.9 Å². The molecule has 1 aliphatic rings. The van der Waals surface area contributed by atoms with Gasteiger partial charge in [-0.2, -0.15) is 0 Å². The van der Waals surface area contributed by atoms with Crippen molar-refractivity contribution >= 4 is 38.9 Å². The molecule has 0 radical (unpaired) electrons. The number of hydrogen-bond acceptors (Lipinski definition) is 5.